The van der Waals surface area contributed by atoms with Gasteiger partial charge in [-0.05, 0) is 37.1 Å². The third kappa shape index (κ3) is 3.52. The van der Waals surface area contributed by atoms with E-state index in [4.69, 9.17) is 0 Å². The summed E-state index contributed by atoms with van der Waals surface area (Å²) in [5, 5.41) is 3.17. The molecule has 1 aromatic carbocycles. The molecular formula is C13H14FN3. The SMILES string of the molecule is CC(Cc1cccc(F)c1)Nc1ncccn1. The van der Waals surface area contributed by atoms with Gasteiger partial charge in [-0.2, -0.15) is 0 Å². The van der Waals surface area contributed by atoms with Crippen molar-refractivity contribution < 1.29 is 4.39 Å². The number of nitrogens with zero attached hydrogens (tertiary/aromatic N) is 2. The third-order valence-electron chi connectivity index (χ3n) is 2.37. The molecule has 0 aliphatic carbocycles. The van der Waals surface area contributed by atoms with Gasteiger partial charge in [0.15, 0.2) is 0 Å². The van der Waals surface area contributed by atoms with E-state index in [1.165, 1.54) is 6.07 Å². The van der Waals surface area contributed by atoms with Gasteiger partial charge in [-0.15, -0.1) is 0 Å². The van der Waals surface area contributed by atoms with E-state index in [0.29, 0.717) is 5.95 Å². The molecule has 3 nitrogen and oxygen atoms in total. The lowest BCUT2D eigenvalue weighted by Crippen LogP contribution is -2.19. The van der Waals surface area contributed by atoms with Gasteiger partial charge in [0.2, 0.25) is 5.95 Å². The van der Waals surface area contributed by atoms with Gasteiger partial charge in [-0.3, -0.25) is 0 Å². The van der Waals surface area contributed by atoms with E-state index in [1.807, 2.05) is 13.0 Å². The average Bonchev–Trinajstić information content (AvgIpc) is 2.30. The molecule has 0 saturated carbocycles. The summed E-state index contributed by atoms with van der Waals surface area (Å²) in [6.45, 7) is 2.02. The molecule has 1 aromatic heterocycles. The molecule has 1 atom stereocenters. The predicted molar refractivity (Wildman–Crippen MR) is 65.2 cm³/mol. The van der Waals surface area contributed by atoms with Crippen molar-refractivity contribution in [2.24, 2.45) is 0 Å². The number of anilines is 1. The summed E-state index contributed by atoms with van der Waals surface area (Å²) in [5.41, 5.74) is 0.959. The smallest absolute Gasteiger partial charge is 0.222 e. The van der Waals surface area contributed by atoms with Crippen molar-refractivity contribution in [1.82, 2.24) is 9.97 Å². The van der Waals surface area contributed by atoms with Crippen LogP contribution in [0.3, 0.4) is 0 Å². The summed E-state index contributed by atoms with van der Waals surface area (Å²) in [7, 11) is 0. The number of nitrogens with one attached hydrogen (secondary N) is 1. The topological polar surface area (TPSA) is 37.8 Å². The standard InChI is InChI=1S/C13H14FN3/c1-10(17-13-15-6-3-7-16-13)8-11-4-2-5-12(14)9-11/h2-7,9-10H,8H2,1H3,(H,15,16,17). The molecule has 2 rings (SSSR count). The lowest BCUT2D eigenvalue weighted by molar-refractivity contribution is 0.624. The maximum atomic E-state index is 13.0. The maximum Gasteiger partial charge on any atom is 0.222 e. The van der Waals surface area contributed by atoms with E-state index < -0.39 is 0 Å². The van der Waals surface area contributed by atoms with Crippen molar-refractivity contribution in [3.8, 4) is 0 Å². The summed E-state index contributed by atoms with van der Waals surface area (Å²) < 4.78 is 13.0. The van der Waals surface area contributed by atoms with Crippen LogP contribution >= 0.6 is 0 Å². The molecule has 0 spiro atoms. The van der Waals surface area contributed by atoms with Crippen LogP contribution in [0.4, 0.5) is 10.3 Å². The minimum absolute atomic E-state index is 0.152. The number of hydrogen-bond donors (Lipinski definition) is 1. The van der Waals surface area contributed by atoms with Crippen LogP contribution in [-0.2, 0) is 6.42 Å². The summed E-state index contributed by atoms with van der Waals surface area (Å²) >= 11 is 0. The van der Waals surface area contributed by atoms with E-state index in [1.54, 1.807) is 30.6 Å². The zero-order valence-electron chi connectivity index (χ0n) is 9.60. The van der Waals surface area contributed by atoms with Gasteiger partial charge in [0.25, 0.3) is 0 Å². The van der Waals surface area contributed by atoms with Crippen molar-refractivity contribution in [2.45, 2.75) is 19.4 Å². The summed E-state index contributed by atoms with van der Waals surface area (Å²) in [4.78, 5) is 8.16. The molecule has 0 aliphatic rings. The van der Waals surface area contributed by atoms with Crippen molar-refractivity contribution in [2.75, 3.05) is 5.32 Å². The molecule has 0 fully saturated rings. The first-order chi connectivity index (χ1) is 8.24. The van der Waals surface area contributed by atoms with Gasteiger partial charge in [0.05, 0.1) is 0 Å². The maximum absolute atomic E-state index is 13.0. The predicted octanol–water partition coefficient (Wildman–Crippen LogP) is 2.66. The van der Waals surface area contributed by atoms with Gasteiger partial charge in [-0.1, -0.05) is 12.1 Å². The highest BCUT2D eigenvalue weighted by Crippen LogP contribution is 2.08. The Kier molecular flexibility index (Phi) is 3.65. The molecule has 1 unspecified atom stereocenters. The molecule has 0 aliphatic heterocycles. The van der Waals surface area contributed by atoms with Crippen LogP contribution in [0, 0.1) is 5.82 Å². The molecular weight excluding hydrogens is 217 g/mol. The summed E-state index contributed by atoms with van der Waals surface area (Å²) in [5.74, 6) is 0.391. The van der Waals surface area contributed by atoms with E-state index in [0.717, 1.165) is 12.0 Å². The fraction of sp³-hybridized carbons (Fsp3) is 0.231. The van der Waals surface area contributed by atoms with Crippen LogP contribution in [0.1, 0.15) is 12.5 Å². The highest BCUT2D eigenvalue weighted by atomic mass is 19.1. The molecule has 0 radical (unpaired) electrons. The van der Waals surface area contributed by atoms with E-state index >= 15 is 0 Å². The Labute approximate surface area is 99.7 Å². The zero-order chi connectivity index (χ0) is 12.1. The molecule has 4 heteroatoms. The Morgan fingerprint density at radius 1 is 1.24 bits per heavy atom. The van der Waals surface area contributed by atoms with Crippen LogP contribution in [-0.4, -0.2) is 16.0 Å². The molecule has 1 N–H and O–H groups in total. The number of hydrogen-bond acceptors (Lipinski definition) is 3. The lowest BCUT2D eigenvalue weighted by Gasteiger charge is -2.13. The zero-order valence-corrected chi connectivity index (χ0v) is 9.60. The quantitative estimate of drug-likeness (QED) is 0.879. The fourth-order valence-electron chi connectivity index (χ4n) is 1.66. The van der Waals surface area contributed by atoms with E-state index in [9.17, 15) is 4.39 Å². The number of halogens is 1. The minimum atomic E-state index is -0.203. The highest BCUT2D eigenvalue weighted by Gasteiger charge is 2.05. The first kappa shape index (κ1) is 11.5. The minimum Gasteiger partial charge on any atom is -0.351 e. The second-order valence-corrected chi connectivity index (χ2v) is 3.95. The molecule has 17 heavy (non-hydrogen) atoms. The van der Waals surface area contributed by atoms with Gasteiger partial charge in [0.1, 0.15) is 5.82 Å². The molecule has 0 amide bonds. The molecule has 88 valence electrons. The van der Waals surface area contributed by atoms with E-state index in [2.05, 4.69) is 15.3 Å². The highest BCUT2D eigenvalue weighted by molar-refractivity contribution is 5.26. The van der Waals surface area contributed by atoms with Crippen LogP contribution in [0.2, 0.25) is 0 Å². The van der Waals surface area contributed by atoms with Gasteiger partial charge in [-0.25, -0.2) is 14.4 Å². The lowest BCUT2D eigenvalue weighted by atomic mass is 10.1. The van der Waals surface area contributed by atoms with Crippen molar-refractivity contribution in [3.05, 3.63) is 54.1 Å². The molecule has 2 aromatic rings. The van der Waals surface area contributed by atoms with Crippen LogP contribution in [0.15, 0.2) is 42.7 Å². The Morgan fingerprint density at radius 2 is 2.00 bits per heavy atom. The fourth-order valence-corrected chi connectivity index (χ4v) is 1.66. The Bertz CT molecular complexity index is 473. The third-order valence-corrected chi connectivity index (χ3v) is 2.37. The number of aromatic nitrogens is 2. The number of benzene rings is 1. The average molecular weight is 231 g/mol. The monoisotopic (exact) mass is 231 g/mol. The Hall–Kier alpha value is -1.97. The van der Waals surface area contributed by atoms with Gasteiger partial charge < -0.3 is 5.32 Å². The van der Waals surface area contributed by atoms with Crippen molar-refractivity contribution in [3.63, 3.8) is 0 Å². The van der Waals surface area contributed by atoms with Crippen molar-refractivity contribution in [1.29, 1.82) is 0 Å². The largest absolute Gasteiger partial charge is 0.351 e. The second-order valence-electron chi connectivity index (χ2n) is 3.95. The summed E-state index contributed by atoms with van der Waals surface area (Å²) in [6, 6.07) is 8.54. The van der Waals surface area contributed by atoms with Gasteiger partial charge >= 0.3 is 0 Å². The molecule has 1 heterocycles. The van der Waals surface area contributed by atoms with Crippen molar-refractivity contribution >= 4 is 5.95 Å². The van der Waals surface area contributed by atoms with E-state index in [-0.39, 0.29) is 11.9 Å². The number of rotatable bonds is 4. The van der Waals surface area contributed by atoms with Gasteiger partial charge in [0, 0.05) is 18.4 Å². The first-order valence-corrected chi connectivity index (χ1v) is 5.52. The Morgan fingerprint density at radius 3 is 2.71 bits per heavy atom. The summed E-state index contributed by atoms with van der Waals surface area (Å²) in [6.07, 6.45) is 4.10. The second kappa shape index (κ2) is 5.39. The molecule has 0 saturated heterocycles. The molecule has 0 bridgehead atoms. The van der Waals surface area contributed by atoms with Crippen LogP contribution in [0.25, 0.3) is 0 Å². The first-order valence-electron chi connectivity index (χ1n) is 5.52. The van der Waals surface area contributed by atoms with Crippen LogP contribution < -0.4 is 5.32 Å². The Balaban J connectivity index is 1.96. The van der Waals surface area contributed by atoms with Crippen LogP contribution in [0.5, 0.6) is 0 Å². The normalized spacial score (nSPS) is 12.1.